The summed E-state index contributed by atoms with van der Waals surface area (Å²) in [6.45, 7) is 7.17. The van der Waals surface area contributed by atoms with Gasteiger partial charge in [-0.2, -0.15) is 0 Å². The summed E-state index contributed by atoms with van der Waals surface area (Å²) in [4.78, 5) is 0. The summed E-state index contributed by atoms with van der Waals surface area (Å²) in [6.07, 6.45) is 1.80. The lowest BCUT2D eigenvalue weighted by Gasteiger charge is -2.28. The van der Waals surface area contributed by atoms with Crippen molar-refractivity contribution in [3.63, 3.8) is 0 Å². The number of benzene rings is 1. The molecule has 0 bridgehead atoms. The van der Waals surface area contributed by atoms with E-state index in [1.165, 1.54) is 0 Å². The number of ether oxygens (including phenoxy) is 1. The molecule has 4 heteroatoms. The van der Waals surface area contributed by atoms with Crippen LogP contribution in [0.5, 0.6) is 0 Å². The highest BCUT2D eigenvalue weighted by Crippen LogP contribution is 2.33. The van der Waals surface area contributed by atoms with Gasteiger partial charge in [0.15, 0.2) is 11.6 Å². The fourth-order valence-electron chi connectivity index (χ4n) is 2.75. The minimum absolute atomic E-state index is 0.0989. The second kappa shape index (κ2) is 6.64. The van der Waals surface area contributed by atoms with Crippen molar-refractivity contribution in [2.45, 2.75) is 45.8 Å². The van der Waals surface area contributed by atoms with E-state index in [4.69, 9.17) is 4.74 Å². The average molecular weight is 283 g/mol. The Morgan fingerprint density at radius 1 is 1.35 bits per heavy atom. The van der Waals surface area contributed by atoms with Gasteiger partial charge >= 0.3 is 0 Å². The van der Waals surface area contributed by atoms with Gasteiger partial charge in [-0.05, 0) is 37.8 Å². The quantitative estimate of drug-likeness (QED) is 0.889. The Kier molecular flexibility index (Phi) is 5.11. The number of hydrogen-bond acceptors (Lipinski definition) is 2. The monoisotopic (exact) mass is 283 g/mol. The maximum atomic E-state index is 14.2. The molecule has 20 heavy (non-hydrogen) atoms. The first kappa shape index (κ1) is 15.4. The third kappa shape index (κ3) is 3.01. The molecule has 112 valence electrons. The Morgan fingerprint density at radius 3 is 2.70 bits per heavy atom. The number of halogens is 2. The number of hydrogen-bond donors (Lipinski definition) is 1. The maximum Gasteiger partial charge on any atom is 0.163 e. The first-order valence-corrected chi connectivity index (χ1v) is 7.35. The highest BCUT2D eigenvalue weighted by atomic mass is 19.2. The predicted molar refractivity (Wildman–Crippen MR) is 75.7 cm³/mol. The molecule has 2 rings (SSSR count). The van der Waals surface area contributed by atoms with Crippen LogP contribution in [0.2, 0.25) is 0 Å². The van der Waals surface area contributed by atoms with E-state index in [9.17, 15) is 8.78 Å². The molecule has 1 aromatic carbocycles. The van der Waals surface area contributed by atoms with Crippen LogP contribution in [0.1, 0.15) is 43.9 Å². The fourth-order valence-corrected chi connectivity index (χ4v) is 2.75. The van der Waals surface area contributed by atoms with Gasteiger partial charge in [-0.3, -0.25) is 0 Å². The molecule has 0 aromatic heterocycles. The van der Waals surface area contributed by atoms with E-state index in [-0.39, 0.29) is 12.1 Å². The minimum atomic E-state index is -0.753. The zero-order chi connectivity index (χ0) is 14.7. The first-order valence-electron chi connectivity index (χ1n) is 7.35. The Morgan fingerprint density at radius 2 is 2.10 bits per heavy atom. The molecule has 3 unspecified atom stereocenters. The number of nitrogens with one attached hydrogen (secondary N) is 1. The van der Waals surface area contributed by atoms with Crippen molar-refractivity contribution in [1.82, 2.24) is 5.32 Å². The van der Waals surface area contributed by atoms with E-state index < -0.39 is 11.6 Å². The Bertz CT molecular complexity index is 464. The van der Waals surface area contributed by atoms with E-state index in [0.29, 0.717) is 23.7 Å². The van der Waals surface area contributed by atoms with Gasteiger partial charge in [-0.25, -0.2) is 8.78 Å². The SMILES string of the molecule is CCCNC(c1ccc(C)c(F)c1F)C1OCCC1C. The van der Waals surface area contributed by atoms with Crippen LogP contribution in [-0.2, 0) is 4.74 Å². The van der Waals surface area contributed by atoms with Gasteiger partial charge in [0.1, 0.15) is 0 Å². The highest BCUT2D eigenvalue weighted by molar-refractivity contribution is 5.29. The topological polar surface area (TPSA) is 21.3 Å². The van der Waals surface area contributed by atoms with Crippen LogP contribution in [-0.4, -0.2) is 19.3 Å². The highest BCUT2D eigenvalue weighted by Gasteiger charge is 2.34. The molecule has 0 saturated carbocycles. The predicted octanol–water partition coefficient (Wildman–Crippen LogP) is 3.74. The van der Waals surface area contributed by atoms with Crippen molar-refractivity contribution in [3.8, 4) is 0 Å². The zero-order valence-electron chi connectivity index (χ0n) is 12.4. The molecule has 1 aliphatic rings. The molecule has 0 spiro atoms. The second-order valence-corrected chi connectivity index (χ2v) is 5.63. The molecule has 1 fully saturated rings. The van der Waals surface area contributed by atoms with Crippen molar-refractivity contribution in [1.29, 1.82) is 0 Å². The van der Waals surface area contributed by atoms with Gasteiger partial charge in [0, 0.05) is 12.2 Å². The molecule has 1 aromatic rings. The van der Waals surface area contributed by atoms with E-state index in [1.807, 2.05) is 0 Å². The molecule has 2 nitrogen and oxygen atoms in total. The van der Waals surface area contributed by atoms with Crippen LogP contribution in [0.15, 0.2) is 12.1 Å². The second-order valence-electron chi connectivity index (χ2n) is 5.63. The van der Waals surface area contributed by atoms with Crippen molar-refractivity contribution in [2.24, 2.45) is 5.92 Å². The summed E-state index contributed by atoms with van der Waals surface area (Å²) < 4.78 is 33.8. The summed E-state index contributed by atoms with van der Waals surface area (Å²) in [5, 5.41) is 3.31. The van der Waals surface area contributed by atoms with Crippen LogP contribution < -0.4 is 5.32 Å². The van der Waals surface area contributed by atoms with Gasteiger partial charge in [-0.15, -0.1) is 0 Å². The van der Waals surface area contributed by atoms with Gasteiger partial charge in [0.2, 0.25) is 0 Å². The lowest BCUT2D eigenvalue weighted by molar-refractivity contribution is 0.0594. The summed E-state index contributed by atoms with van der Waals surface area (Å²) in [5.74, 6) is -1.16. The normalized spacial score (nSPS) is 24.1. The lowest BCUT2D eigenvalue weighted by Crippen LogP contribution is -2.36. The van der Waals surface area contributed by atoms with Crippen LogP contribution in [0.4, 0.5) is 8.78 Å². The largest absolute Gasteiger partial charge is 0.376 e. The Hall–Kier alpha value is -1.00. The zero-order valence-corrected chi connectivity index (χ0v) is 12.4. The molecule has 1 aliphatic heterocycles. The Labute approximate surface area is 119 Å². The third-order valence-corrected chi connectivity index (χ3v) is 4.03. The molecule has 0 aliphatic carbocycles. The summed E-state index contributed by atoms with van der Waals surface area (Å²) in [6, 6.07) is 3.02. The van der Waals surface area contributed by atoms with Gasteiger partial charge in [-0.1, -0.05) is 26.0 Å². The first-order chi connectivity index (χ1) is 9.56. The minimum Gasteiger partial charge on any atom is -0.376 e. The smallest absolute Gasteiger partial charge is 0.163 e. The van der Waals surface area contributed by atoms with Crippen LogP contribution >= 0.6 is 0 Å². The number of rotatable bonds is 5. The maximum absolute atomic E-state index is 14.2. The van der Waals surface area contributed by atoms with Gasteiger partial charge in [0.25, 0.3) is 0 Å². The summed E-state index contributed by atoms with van der Waals surface area (Å²) in [5.41, 5.74) is 0.709. The molecule has 0 amide bonds. The summed E-state index contributed by atoms with van der Waals surface area (Å²) >= 11 is 0. The summed E-state index contributed by atoms with van der Waals surface area (Å²) in [7, 11) is 0. The number of aryl methyl sites for hydroxylation is 1. The van der Waals surface area contributed by atoms with Crippen molar-refractivity contribution in [2.75, 3.05) is 13.2 Å². The third-order valence-electron chi connectivity index (χ3n) is 4.03. The van der Waals surface area contributed by atoms with Crippen LogP contribution in [0, 0.1) is 24.5 Å². The van der Waals surface area contributed by atoms with E-state index >= 15 is 0 Å². The van der Waals surface area contributed by atoms with E-state index in [2.05, 4.69) is 19.2 Å². The van der Waals surface area contributed by atoms with E-state index in [1.54, 1.807) is 19.1 Å². The van der Waals surface area contributed by atoms with Crippen molar-refractivity contribution < 1.29 is 13.5 Å². The standard InChI is InChI=1S/C16H23F2NO/c1-4-8-19-15(16-11(3)7-9-20-16)12-6-5-10(2)13(17)14(12)18/h5-6,11,15-16,19H,4,7-9H2,1-3H3. The molecule has 1 saturated heterocycles. The van der Waals surface area contributed by atoms with E-state index in [0.717, 1.165) is 19.4 Å². The van der Waals surface area contributed by atoms with Gasteiger partial charge < -0.3 is 10.1 Å². The van der Waals surface area contributed by atoms with Crippen LogP contribution in [0.25, 0.3) is 0 Å². The van der Waals surface area contributed by atoms with Gasteiger partial charge in [0.05, 0.1) is 12.1 Å². The van der Waals surface area contributed by atoms with Crippen molar-refractivity contribution in [3.05, 3.63) is 34.9 Å². The fraction of sp³-hybridized carbons (Fsp3) is 0.625. The molecular formula is C16H23F2NO. The average Bonchev–Trinajstić information content (AvgIpc) is 2.85. The molecule has 0 radical (unpaired) electrons. The Balaban J connectivity index is 2.33. The molecule has 1 heterocycles. The molecular weight excluding hydrogens is 260 g/mol. The molecule has 1 N–H and O–H groups in total. The lowest BCUT2D eigenvalue weighted by atomic mass is 9.91. The van der Waals surface area contributed by atoms with Crippen molar-refractivity contribution >= 4 is 0 Å². The molecule has 3 atom stereocenters. The van der Waals surface area contributed by atoms with Crippen LogP contribution in [0.3, 0.4) is 0 Å².